The van der Waals surface area contributed by atoms with Gasteiger partial charge in [-0.05, 0) is 80.4 Å². The zero-order valence-corrected chi connectivity index (χ0v) is 26.4. The molecule has 4 heterocycles. The molecule has 0 amide bonds. The molecule has 0 fully saturated rings. The lowest BCUT2D eigenvalue weighted by atomic mass is 9.85. The van der Waals surface area contributed by atoms with E-state index < -0.39 is 22.2 Å². The molecule has 0 saturated heterocycles. The van der Waals surface area contributed by atoms with Gasteiger partial charge in [-0.3, -0.25) is 4.79 Å². The Balaban J connectivity index is 1.43. The van der Waals surface area contributed by atoms with Crippen LogP contribution in [0.5, 0.6) is 17.2 Å². The van der Waals surface area contributed by atoms with Crippen molar-refractivity contribution in [2.24, 2.45) is 0 Å². The lowest BCUT2D eigenvalue weighted by Crippen LogP contribution is -2.37. The first-order valence-electron chi connectivity index (χ1n) is 15.0. The van der Waals surface area contributed by atoms with Gasteiger partial charge in [0.25, 0.3) is 0 Å². The third kappa shape index (κ3) is 6.46. The van der Waals surface area contributed by atoms with Crippen LogP contribution >= 0.6 is 0 Å². The summed E-state index contributed by atoms with van der Waals surface area (Å²) in [4.78, 5) is 14.4. The van der Waals surface area contributed by atoms with Gasteiger partial charge in [-0.1, -0.05) is 23.4 Å². The van der Waals surface area contributed by atoms with Gasteiger partial charge in [-0.2, -0.15) is 12.7 Å². The van der Waals surface area contributed by atoms with Crippen molar-refractivity contribution in [1.29, 1.82) is 0 Å². The number of carboxylic acids is 1. The molecule has 2 atom stereocenters. The number of ether oxygens (including phenoxy) is 2. The van der Waals surface area contributed by atoms with E-state index in [2.05, 4.69) is 22.3 Å². The number of rotatable bonds is 3. The molecule has 0 saturated carbocycles. The Bertz CT molecular complexity index is 1840. The second kappa shape index (κ2) is 12.7. The molecule has 2 unspecified atom stereocenters. The fraction of sp³-hybridized carbons (Fsp3) is 0.406. The number of hydrogen-bond acceptors (Lipinski definition) is 9. The Morgan fingerprint density at radius 3 is 2.64 bits per heavy atom. The number of benzene rings is 3. The van der Waals surface area contributed by atoms with Gasteiger partial charge < -0.3 is 23.7 Å². The van der Waals surface area contributed by atoms with Crippen LogP contribution in [0.15, 0.2) is 48.5 Å². The van der Waals surface area contributed by atoms with Gasteiger partial charge in [0.15, 0.2) is 0 Å². The average Bonchev–Trinajstić information content (AvgIpc) is 3.42. The molecule has 3 aliphatic heterocycles. The van der Waals surface area contributed by atoms with Gasteiger partial charge in [0.05, 0.1) is 19.0 Å². The Kier molecular flexibility index (Phi) is 8.67. The molecular formula is C32H37N5O7S. The van der Waals surface area contributed by atoms with Crippen LogP contribution in [0.4, 0.5) is 0 Å². The standard InChI is InChI=1S/C32H37N5O7S/c1-21-26-8-9-28-32(21)33-34-37(28)13-5-4-12-35(2)14-15-43-25-7-11-30-24(17-25)20-36(45(40,41)44-30)19-23-16-22(6-10-29(23)42-3)27(26)18-31(38)39/h6-11,16-17,27H,4-5,12-15,18-20H2,1-3H3,(H,38,39). The summed E-state index contributed by atoms with van der Waals surface area (Å²) in [5.41, 5.74) is 5.31. The summed E-state index contributed by atoms with van der Waals surface area (Å²) in [6, 6.07) is 14.5. The maximum Gasteiger partial charge on any atom is 0.385 e. The van der Waals surface area contributed by atoms with E-state index in [0.29, 0.717) is 29.2 Å². The predicted molar refractivity (Wildman–Crippen MR) is 167 cm³/mol. The van der Waals surface area contributed by atoms with E-state index in [1.807, 2.05) is 41.9 Å². The predicted octanol–water partition coefficient (Wildman–Crippen LogP) is 4.10. The lowest BCUT2D eigenvalue weighted by molar-refractivity contribution is -0.137. The maximum atomic E-state index is 13.2. The highest BCUT2D eigenvalue weighted by atomic mass is 32.2. The molecule has 4 aromatic rings. The summed E-state index contributed by atoms with van der Waals surface area (Å²) in [6.45, 7) is 4.80. The summed E-state index contributed by atoms with van der Waals surface area (Å²) in [7, 11) is -0.543. The zero-order valence-electron chi connectivity index (χ0n) is 25.6. The smallest absolute Gasteiger partial charge is 0.385 e. The van der Waals surface area contributed by atoms with E-state index in [4.69, 9.17) is 13.7 Å². The Labute approximate surface area is 262 Å². The van der Waals surface area contributed by atoms with Gasteiger partial charge in [-0.15, -0.1) is 5.10 Å². The highest BCUT2D eigenvalue weighted by molar-refractivity contribution is 7.84. The second-order valence-corrected chi connectivity index (χ2v) is 13.2. The fourth-order valence-corrected chi connectivity index (χ4v) is 7.22. The number of aliphatic carboxylic acids is 1. The normalized spacial score (nSPS) is 20.5. The number of fused-ring (bicyclic) bond motifs is 8. The van der Waals surface area contributed by atoms with Crippen molar-refractivity contribution in [2.75, 3.05) is 33.9 Å². The molecule has 0 aliphatic carbocycles. The molecule has 45 heavy (non-hydrogen) atoms. The van der Waals surface area contributed by atoms with Crippen LogP contribution in [0.3, 0.4) is 0 Å². The van der Waals surface area contributed by atoms with Crippen LogP contribution < -0.4 is 13.7 Å². The van der Waals surface area contributed by atoms with Crippen molar-refractivity contribution in [3.63, 3.8) is 0 Å². The number of nitrogens with zero attached hydrogens (tertiary/aromatic N) is 5. The van der Waals surface area contributed by atoms with E-state index in [1.165, 1.54) is 11.4 Å². The van der Waals surface area contributed by atoms with Crippen LogP contribution in [0.1, 0.15) is 53.0 Å². The molecule has 9 bridgehead atoms. The molecule has 3 aliphatic rings. The lowest BCUT2D eigenvalue weighted by Gasteiger charge is -2.29. The van der Waals surface area contributed by atoms with Crippen LogP contribution in [0.2, 0.25) is 0 Å². The number of aryl methyl sites for hydroxylation is 2. The van der Waals surface area contributed by atoms with Gasteiger partial charge in [-0.25, -0.2) is 4.68 Å². The van der Waals surface area contributed by atoms with Crippen molar-refractivity contribution < 1.29 is 32.0 Å². The molecule has 0 spiro atoms. The first-order valence-corrected chi connectivity index (χ1v) is 16.3. The quantitative estimate of drug-likeness (QED) is 0.351. The minimum absolute atomic E-state index is 0.0409. The number of carbonyl (C=O) groups is 1. The van der Waals surface area contributed by atoms with Gasteiger partial charge in [0.1, 0.15) is 29.4 Å². The first-order chi connectivity index (χ1) is 21.6. The SMILES string of the molecule is COc1ccc2cc1CN1Cc3cc(ccc3OS1(=O)=O)OCCN(C)CCCCn1nnc3c(C)c(ccc31)C2CC(=O)O. The third-order valence-electron chi connectivity index (χ3n) is 8.58. The minimum atomic E-state index is -4.12. The van der Waals surface area contributed by atoms with Gasteiger partial charge in [0.2, 0.25) is 0 Å². The third-order valence-corrected chi connectivity index (χ3v) is 9.86. The van der Waals surface area contributed by atoms with Crippen LogP contribution in [0.25, 0.3) is 11.0 Å². The maximum absolute atomic E-state index is 13.2. The van der Waals surface area contributed by atoms with E-state index in [-0.39, 0.29) is 25.3 Å². The summed E-state index contributed by atoms with van der Waals surface area (Å²) >= 11 is 0. The number of aromatic nitrogens is 3. The second-order valence-electron chi connectivity index (χ2n) is 11.6. The Morgan fingerprint density at radius 1 is 1.04 bits per heavy atom. The summed E-state index contributed by atoms with van der Waals surface area (Å²) < 4.78 is 46.7. The average molecular weight is 636 g/mol. The number of likely N-dealkylation sites (N-methyl/N-ethyl adjacent to an activating group) is 1. The number of methoxy groups -OCH3 is 1. The van der Waals surface area contributed by atoms with E-state index in [1.54, 1.807) is 18.2 Å². The molecule has 238 valence electrons. The molecule has 12 nitrogen and oxygen atoms in total. The fourth-order valence-electron chi connectivity index (χ4n) is 6.13. The molecule has 7 rings (SSSR count). The van der Waals surface area contributed by atoms with Crippen molar-refractivity contribution in [3.05, 3.63) is 76.3 Å². The summed E-state index contributed by atoms with van der Waals surface area (Å²) in [5, 5.41) is 18.8. The molecular weight excluding hydrogens is 598 g/mol. The molecule has 13 heteroatoms. The van der Waals surface area contributed by atoms with Crippen molar-refractivity contribution in [3.8, 4) is 17.2 Å². The van der Waals surface area contributed by atoms with Gasteiger partial charge >= 0.3 is 16.3 Å². The largest absolute Gasteiger partial charge is 0.496 e. The monoisotopic (exact) mass is 635 g/mol. The van der Waals surface area contributed by atoms with Crippen molar-refractivity contribution in [2.45, 2.75) is 51.7 Å². The van der Waals surface area contributed by atoms with Crippen LogP contribution in [0, 0.1) is 6.92 Å². The Morgan fingerprint density at radius 2 is 1.84 bits per heavy atom. The topological polar surface area (TPSA) is 136 Å². The molecule has 3 aromatic carbocycles. The summed E-state index contributed by atoms with van der Waals surface area (Å²) in [5.74, 6) is -0.0888. The molecule has 1 N–H and O–H groups in total. The van der Waals surface area contributed by atoms with Crippen molar-refractivity contribution in [1.82, 2.24) is 24.2 Å². The molecule has 1 aromatic heterocycles. The number of carboxylic acid groups (broad SMARTS) is 1. The van der Waals surface area contributed by atoms with Crippen LogP contribution in [-0.2, 0) is 34.7 Å². The Hall–Kier alpha value is -4.20. The highest BCUT2D eigenvalue weighted by Gasteiger charge is 2.33. The van der Waals surface area contributed by atoms with E-state index in [0.717, 1.165) is 60.2 Å². The van der Waals surface area contributed by atoms with E-state index >= 15 is 0 Å². The van der Waals surface area contributed by atoms with Crippen molar-refractivity contribution >= 4 is 27.3 Å². The highest BCUT2D eigenvalue weighted by Crippen LogP contribution is 2.38. The zero-order chi connectivity index (χ0) is 31.7. The minimum Gasteiger partial charge on any atom is -0.496 e. The first kappa shape index (κ1) is 30.8. The van der Waals surface area contributed by atoms with E-state index in [9.17, 15) is 18.3 Å². The van der Waals surface area contributed by atoms with Crippen LogP contribution in [-0.4, -0.2) is 77.5 Å². The molecule has 0 radical (unpaired) electrons. The summed E-state index contributed by atoms with van der Waals surface area (Å²) in [6.07, 6.45) is 1.72. The van der Waals surface area contributed by atoms with Gasteiger partial charge in [0, 0.05) is 43.2 Å². The number of hydrogen-bond donors (Lipinski definition) is 1.